The molecule has 0 aliphatic heterocycles. The number of carbonyl (C=O) groups excluding carboxylic acids is 1. The van der Waals surface area contributed by atoms with Gasteiger partial charge in [-0.25, -0.2) is 0 Å². The molecule has 0 aromatic carbocycles. The molecule has 94 valence electrons. The Morgan fingerprint density at radius 2 is 2.19 bits per heavy atom. The van der Waals surface area contributed by atoms with Gasteiger partial charge in [0.25, 0.3) is 0 Å². The highest BCUT2D eigenvalue weighted by molar-refractivity contribution is 5.79. The molecular weight excluding hydrogens is 204 g/mol. The topological polar surface area (TPSA) is 55.6 Å². The third kappa shape index (κ3) is 3.19. The normalized spacial score (nSPS) is 30.1. The van der Waals surface area contributed by atoms with Gasteiger partial charge >= 0.3 is 0 Å². The van der Waals surface area contributed by atoms with Crippen molar-refractivity contribution in [1.29, 1.82) is 0 Å². The number of likely N-dealkylation sites (N-methyl/N-ethyl adjacent to an activating group) is 1. The van der Waals surface area contributed by atoms with Gasteiger partial charge < -0.3 is 15.4 Å². The zero-order chi connectivity index (χ0) is 12.1. The zero-order valence-electron chi connectivity index (χ0n) is 10.6. The molecule has 1 aliphatic carbocycles. The summed E-state index contributed by atoms with van der Waals surface area (Å²) < 4.78 is 4.97. The van der Waals surface area contributed by atoms with Crippen LogP contribution < -0.4 is 5.73 Å². The predicted molar refractivity (Wildman–Crippen MR) is 64.0 cm³/mol. The van der Waals surface area contributed by atoms with Gasteiger partial charge in [-0.15, -0.1) is 0 Å². The summed E-state index contributed by atoms with van der Waals surface area (Å²) in [6, 6.07) is 0.0197. The Balaban J connectivity index is 2.51. The molecule has 0 heterocycles. The van der Waals surface area contributed by atoms with Gasteiger partial charge in [-0.3, -0.25) is 4.79 Å². The second-order valence-corrected chi connectivity index (χ2v) is 4.84. The lowest BCUT2D eigenvalue weighted by molar-refractivity contribution is -0.136. The summed E-state index contributed by atoms with van der Waals surface area (Å²) in [5.74, 6) is 0.639. The first-order chi connectivity index (χ1) is 7.57. The van der Waals surface area contributed by atoms with E-state index < -0.39 is 0 Å². The van der Waals surface area contributed by atoms with Crippen LogP contribution in [0.4, 0.5) is 0 Å². The van der Waals surface area contributed by atoms with E-state index in [-0.39, 0.29) is 17.9 Å². The molecule has 1 aliphatic rings. The summed E-state index contributed by atoms with van der Waals surface area (Å²) in [5.41, 5.74) is 6.11. The van der Waals surface area contributed by atoms with E-state index in [1.165, 1.54) is 0 Å². The fraction of sp³-hybridized carbons (Fsp3) is 0.917. The summed E-state index contributed by atoms with van der Waals surface area (Å²) in [7, 11) is 3.47. The molecule has 3 unspecified atom stereocenters. The van der Waals surface area contributed by atoms with E-state index in [0.717, 1.165) is 19.3 Å². The van der Waals surface area contributed by atoms with Crippen molar-refractivity contribution in [3.8, 4) is 0 Å². The number of ether oxygens (including phenoxy) is 1. The Labute approximate surface area is 98.1 Å². The lowest BCUT2D eigenvalue weighted by Gasteiger charge is -2.35. The lowest BCUT2D eigenvalue weighted by atomic mass is 9.77. The summed E-state index contributed by atoms with van der Waals surface area (Å²) in [5, 5.41) is 0. The van der Waals surface area contributed by atoms with Crippen molar-refractivity contribution in [3.63, 3.8) is 0 Å². The molecule has 3 atom stereocenters. The Morgan fingerprint density at radius 3 is 2.81 bits per heavy atom. The van der Waals surface area contributed by atoms with Gasteiger partial charge in [0.15, 0.2) is 0 Å². The number of carbonyl (C=O) groups is 1. The molecular formula is C12H24N2O2. The van der Waals surface area contributed by atoms with Gasteiger partial charge in [0, 0.05) is 26.7 Å². The quantitative estimate of drug-likeness (QED) is 0.776. The van der Waals surface area contributed by atoms with Gasteiger partial charge in [-0.1, -0.05) is 13.3 Å². The summed E-state index contributed by atoms with van der Waals surface area (Å²) >= 11 is 0. The first kappa shape index (κ1) is 13.5. The second-order valence-electron chi connectivity index (χ2n) is 4.84. The maximum Gasteiger partial charge on any atom is 0.227 e. The molecule has 1 fully saturated rings. The minimum Gasteiger partial charge on any atom is -0.383 e. The smallest absolute Gasteiger partial charge is 0.227 e. The van der Waals surface area contributed by atoms with Crippen molar-refractivity contribution in [2.24, 2.45) is 17.6 Å². The highest BCUT2D eigenvalue weighted by Gasteiger charge is 2.34. The number of nitrogens with zero attached hydrogens (tertiary/aromatic N) is 1. The highest BCUT2D eigenvalue weighted by atomic mass is 16.5. The van der Waals surface area contributed by atoms with Gasteiger partial charge in [-0.2, -0.15) is 0 Å². The van der Waals surface area contributed by atoms with E-state index in [1.807, 2.05) is 7.05 Å². The largest absolute Gasteiger partial charge is 0.383 e. The summed E-state index contributed by atoms with van der Waals surface area (Å²) in [6.07, 6.45) is 3.19. The minimum atomic E-state index is 0.00519. The van der Waals surface area contributed by atoms with Crippen LogP contribution in [0, 0.1) is 11.8 Å². The minimum absolute atomic E-state index is 0.00519. The fourth-order valence-electron chi connectivity index (χ4n) is 2.35. The monoisotopic (exact) mass is 228 g/mol. The van der Waals surface area contributed by atoms with Crippen LogP contribution >= 0.6 is 0 Å². The molecule has 0 radical (unpaired) electrons. The van der Waals surface area contributed by atoms with Crippen molar-refractivity contribution < 1.29 is 9.53 Å². The van der Waals surface area contributed by atoms with E-state index in [2.05, 4.69) is 6.92 Å². The van der Waals surface area contributed by atoms with Crippen LogP contribution in [0.25, 0.3) is 0 Å². The van der Waals surface area contributed by atoms with E-state index in [4.69, 9.17) is 10.5 Å². The number of nitrogens with two attached hydrogens (primary N) is 1. The molecule has 16 heavy (non-hydrogen) atoms. The number of amides is 1. The molecule has 1 saturated carbocycles. The standard InChI is InChI=1S/C12H24N2O2/c1-9-5-4-6-10(11(9)13)12(15)14(2)7-8-16-3/h9-11H,4-8,13H2,1-3H3. The Kier molecular flexibility index (Phi) is 5.22. The molecule has 1 rings (SSSR count). The van der Waals surface area contributed by atoms with Crippen LogP contribution in [0.1, 0.15) is 26.2 Å². The molecule has 0 aromatic heterocycles. The third-order valence-electron chi connectivity index (χ3n) is 3.62. The maximum absolute atomic E-state index is 12.2. The highest BCUT2D eigenvalue weighted by Crippen LogP contribution is 2.28. The average molecular weight is 228 g/mol. The van der Waals surface area contributed by atoms with Gasteiger partial charge in [-0.05, 0) is 18.8 Å². The first-order valence-corrected chi connectivity index (χ1v) is 6.07. The second kappa shape index (κ2) is 6.21. The first-order valence-electron chi connectivity index (χ1n) is 6.07. The molecule has 1 amide bonds. The van der Waals surface area contributed by atoms with Crippen LogP contribution in [-0.4, -0.2) is 44.2 Å². The molecule has 2 N–H and O–H groups in total. The van der Waals surface area contributed by atoms with Crippen LogP contribution in [0.15, 0.2) is 0 Å². The molecule has 0 saturated heterocycles. The SMILES string of the molecule is COCCN(C)C(=O)C1CCCC(C)C1N. The Morgan fingerprint density at radius 1 is 1.50 bits per heavy atom. The molecule has 4 heteroatoms. The van der Waals surface area contributed by atoms with Crippen molar-refractivity contribution in [2.45, 2.75) is 32.2 Å². The van der Waals surface area contributed by atoms with E-state index in [9.17, 15) is 4.79 Å². The van der Waals surface area contributed by atoms with Crippen molar-refractivity contribution in [2.75, 3.05) is 27.3 Å². The van der Waals surface area contributed by atoms with Gasteiger partial charge in [0.2, 0.25) is 5.91 Å². The zero-order valence-corrected chi connectivity index (χ0v) is 10.6. The van der Waals surface area contributed by atoms with Crippen LogP contribution in [0.3, 0.4) is 0 Å². The maximum atomic E-state index is 12.2. The Bertz CT molecular complexity index is 233. The number of rotatable bonds is 4. The molecule has 4 nitrogen and oxygen atoms in total. The van der Waals surface area contributed by atoms with Crippen molar-refractivity contribution >= 4 is 5.91 Å². The number of hydrogen-bond acceptors (Lipinski definition) is 3. The van der Waals surface area contributed by atoms with Crippen LogP contribution in [0.2, 0.25) is 0 Å². The van der Waals surface area contributed by atoms with E-state index in [1.54, 1.807) is 12.0 Å². The molecule has 0 bridgehead atoms. The molecule has 0 spiro atoms. The summed E-state index contributed by atoms with van der Waals surface area (Å²) in [4.78, 5) is 13.9. The summed E-state index contributed by atoms with van der Waals surface area (Å²) in [6.45, 7) is 3.37. The third-order valence-corrected chi connectivity index (χ3v) is 3.62. The Hall–Kier alpha value is -0.610. The average Bonchev–Trinajstić information content (AvgIpc) is 2.28. The van der Waals surface area contributed by atoms with Crippen LogP contribution in [0.5, 0.6) is 0 Å². The lowest BCUT2D eigenvalue weighted by Crippen LogP contribution is -2.48. The van der Waals surface area contributed by atoms with Gasteiger partial charge in [0.05, 0.1) is 12.5 Å². The molecule has 0 aromatic rings. The number of methoxy groups -OCH3 is 1. The van der Waals surface area contributed by atoms with Crippen molar-refractivity contribution in [3.05, 3.63) is 0 Å². The van der Waals surface area contributed by atoms with E-state index in [0.29, 0.717) is 19.1 Å². The fourth-order valence-corrected chi connectivity index (χ4v) is 2.35. The predicted octanol–water partition coefficient (Wildman–Crippen LogP) is 0.855. The van der Waals surface area contributed by atoms with Gasteiger partial charge in [0.1, 0.15) is 0 Å². The number of hydrogen-bond donors (Lipinski definition) is 1. The van der Waals surface area contributed by atoms with E-state index >= 15 is 0 Å². The van der Waals surface area contributed by atoms with Crippen LogP contribution in [-0.2, 0) is 9.53 Å². The van der Waals surface area contributed by atoms with Crippen molar-refractivity contribution in [1.82, 2.24) is 4.90 Å².